The first-order chi connectivity index (χ1) is 18.0. The van der Waals surface area contributed by atoms with Crippen molar-refractivity contribution < 1.29 is 27.4 Å². The summed E-state index contributed by atoms with van der Waals surface area (Å²) in [4.78, 5) is 17.6. The third kappa shape index (κ3) is 6.85. The average molecular weight is 570 g/mol. The van der Waals surface area contributed by atoms with Gasteiger partial charge in [-0.2, -0.15) is 16.1 Å². The molecule has 3 aliphatic rings. The Morgan fingerprint density at radius 1 is 1.11 bits per heavy atom. The largest absolute Gasteiger partial charge is 0.497 e. The molecule has 0 bridgehead atoms. The normalized spacial score (nSPS) is 23.9. The van der Waals surface area contributed by atoms with Gasteiger partial charge in [0.25, 0.3) is 0 Å². The van der Waals surface area contributed by atoms with Crippen LogP contribution in [-0.4, -0.2) is 117 Å². The minimum Gasteiger partial charge on any atom is -0.497 e. The molecule has 0 saturated carbocycles. The van der Waals surface area contributed by atoms with Crippen LogP contribution in [0.1, 0.15) is 37.8 Å². The van der Waals surface area contributed by atoms with Gasteiger partial charge in [-0.25, -0.2) is 8.42 Å². The highest BCUT2D eigenvalue weighted by Crippen LogP contribution is 2.33. The fourth-order valence-electron chi connectivity index (χ4n) is 5.68. The molecule has 3 saturated heterocycles. The van der Waals surface area contributed by atoms with Gasteiger partial charge < -0.3 is 19.1 Å². The maximum absolute atomic E-state index is 13.9. The number of hydrogen-bond donors (Lipinski definition) is 0. The Labute approximate surface area is 232 Å². The second kappa shape index (κ2) is 12.4. The van der Waals surface area contributed by atoms with Gasteiger partial charge in [-0.15, -0.1) is 0 Å². The lowest BCUT2D eigenvalue weighted by atomic mass is 10.1. The highest BCUT2D eigenvalue weighted by Gasteiger charge is 2.42. The van der Waals surface area contributed by atoms with Crippen LogP contribution in [0.2, 0.25) is 0 Å². The first kappa shape index (κ1) is 29.6. The zero-order chi connectivity index (χ0) is 27.5. The Bertz CT molecular complexity index is 1060. The number of carbonyl (C=O) groups excluding carboxylic acids is 1. The summed E-state index contributed by atoms with van der Waals surface area (Å²) in [5, 5.41) is 0. The van der Waals surface area contributed by atoms with E-state index in [9.17, 15) is 13.2 Å². The molecule has 1 unspecified atom stereocenters. The lowest BCUT2D eigenvalue weighted by molar-refractivity contribution is -0.141. The van der Waals surface area contributed by atoms with Gasteiger partial charge in [0, 0.05) is 38.8 Å². The minimum absolute atomic E-state index is 0.0443. The van der Waals surface area contributed by atoms with Crippen LogP contribution in [0.25, 0.3) is 0 Å². The number of thioether (sulfide) groups is 1. The van der Waals surface area contributed by atoms with Crippen LogP contribution >= 0.6 is 11.8 Å². The van der Waals surface area contributed by atoms with Crippen molar-refractivity contribution in [2.45, 2.75) is 63.1 Å². The number of ether oxygens (including phenoxy) is 3. The fourth-order valence-corrected chi connectivity index (χ4v) is 8.92. The molecular formula is C27H43N3O6S2. The predicted octanol–water partition coefficient (Wildman–Crippen LogP) is 2.54. The topological polar surface area (TPSA) is 88.6 Å². The van der Waals surface area contributed by atoms with E-state index >= 15 is 0 Å². The first-order valence-electron chi connectivity index (χ1n) is 13.5. The quantitative estimate of drug-likeness (QED) is 0.472. The molecule has 4 rings (SSSR count). The van der Waals surface area contributed by atoms with Crippen molar-refractivity contribution in [1.82, 2.24) is 14.1 Å². The molecule has 0 aromatic heterocycles. The second-order valence-corrected chi connectivity index (χ2v) is 14.2. The maximum Gasteiger partial charge on any atom is 0.248 e. The zero-order valence-corrected chi connectivity index (χ0v) is 25.0. The van der Waals surface area contributed by atoms with Crippen molar-refractivity contribution in [2.75, 3.05) is 71.2 Å². The van der Waals surface area contributed by atoms with Crippen LogP contribution < -0.4 is 4.74 Å². The summed E-state index contributed by atoms with van der Waals surface area (Å²) < 4.78 is 46.5. The van der Waals surface area contributed by atoms with Gasteiger partial charge in [-0.1, -0.05) is 0 Å². The van der Waals surface area contributed by atoms with Gasteiger partial charge in [-0.3, -0.25) is 9.69 Å². The van der Waals surface area contributed by atoms with E-state index in [1.54, 1.807) is 33.1 Å². The highest BCUT2D eigenvalue weighted by molar-refractivity contribution is 7.99. The second-order valence-electron chi connectivity index (χ2n) is 11.1. The summed E-state index contributed by atoms with van der Waals surface area (Å²) in [6.45, 7) is 11.0. The Morgan fingerprint density at radius 3 is 2.34 bits per heavy atom. The number of hydrogen-bond acceptors (Lipinski definition) is 8. The number of piperazine rings is 1. The predicted molar refractivity (Wildman–Crippen MR) is 149 cm³/mol. The SMILES string of the molecule is COc1cc(C)c(S(=O)(=O)N2CC(C)(C)OCC2COCC(=O)N2CCN(C3CCSCC3)CC2)c(C)c1. The smallest absolute Gasteiger partial charge is 0.248 e. The molecule has 0 radical (unpaired) electrons. The lowest BCUT2D eigenvalue weighted by Gasteiger charge is -2.43. The van der Waals surface area contributed by atoms with Gasteiger partial charge in [-0.05, 0) is 75.3 Å². The molecule has 1 atom stereocenters. The van der Waals surface area contributed by atoms with Crippen LogP contribution in [0, 0.1) is 13.8 Å². The van der Waals surface area contributed by atoms with Crippen LogP contribution in [0.15, 0.2) is 17.0 Å². The minimum atomic E-state index is -3.84. The Kier molecular flexibility index (Phi) is 9.69. The van der Waals surface area contributed by atoms with E-state index in [0.29, 0.717) is 36.0 Å². The number of nitrogens with zero attached hydrogens (tertiary/aromatic N) is 3. The summed E-state index contributed by atoms with van der Waals surface area (Å²) in [6.07, 6.45) is 2.47. The van der Waals surface area contributed by atoms with Gasteiger partial charge >= 0.3 is 0 Å². The average Bonchev–Trinajstić information content (AvgIpc) is 2.89. The number of sulfonamides is 1. The van der Waals surface area contributed by atoms with Gasteiger partial charge in [0.05, 0.1) is 36.9 Å². The fraction of sp³-hybridized carbons (Fsp3) is 0.741. The molecular weight excluding hydrogens is 526 g/mol. The number of rotatable bonds is 8. The summed E-state index contributed by atoms with van der Waals surface area (Å²) in [6, 6.07) is 3.60. The van der Waals surface area contributed by atoms with E-state index in [-0.39, 0.29) is 37.2 Å². The number of carbonyl (C=O) groups is 1. The van der Waals surface area contributed by atoms with Crippen LogP contribution in [-0.2, 0) is 24.3 Å². The molecule has 1 amide bonds. The molecule has 3 aliphatic heterocycles. The first-order valence-corrected chi connectivity index (χ1v) is 16.1. The maximum atomic E-state index is 13.9. The molecule has 11 heteroatoms. The molecule has 3 fully saturated rings. The highest BCUT2D eigenvalue weighted by atomic mass is 32.2. The lowest BCUT2D eigenvalue weighted by Crippen LogP contribution is -2.58. The van der Waals surface area contributed by atoms with E-state index in [0.717, 1.165) is 13.1 Å². The van der Waals surface area contributed by atoms with E-state index < -0.39 is 21.7 Å². The molecule has 9 nitrogen and oxygen atoms in total. The van der Waals surface area contributed by atoms with E-state index in [2.05, 4.69) is 4.90 Å². The Hall–Kier alpha value is -1.37. The summed E-state index contributed by atoms with van der Waals surface area (Å²) >= 11 is 2.03. The number of methoxy groups -OCH3 is 1. The Balaban J connectivity index is 1.37. The molecule has 0 spiro atoms. The zero-order valence-electron chi connectivity index (χ0n) is 23.4. The Morgan fingerprint density at radius 2 is 1.74 bits per heavy atom. The van der Waals surface area contributed by atoms with Crippen molar-refractivity contribution in [3.8, 4) is 5.75 Å². The monoisotopic (exact) mass is 569 g/mol. The standard InChI is InChI=1S/C27H43N3O6S2/c1-20-14-24(34-5)15-21(2)26(20)38(32,33)30-19-27(3,4)36-17-23(30)16-35-18-25(31)29-10-8-28(9-11-29)22-6-12-37-13-7-22/h14-15,22-23H,6-13,16-19H2,1-5H3. The molecule has 38 heavy (non-hydrogen) atoms. The third-order valence-corrected chi connectivity index (χ3v) is 11.0. The summed E-state index contributed by atoms with van der Waals surface area (Å²) in [5.74, 6) is 3.03. The number of morpholine rings is 1. The van der Waals surface area contributed by atoms with Gasteiger partial charge in [0.15, 0.2) is 0 Å². The van der Waals surface area contributed by atoms with Crippen molar-refractivity contribution in [3.63, 3.8) is 0 Å². The van der Waals surface area contributed by atoms with E-state index in [4.69, 9.17) is 14.2 Å². The molecule has 0 N–H and O–H groups in total. The number of aryl methyl sites for hydroxylation is 2. The van der Waals surface area contributed by atoms with Crippen molar-refractivity contribution in [3.05, 3.63) is 23.3 Å². The molecule has 1 aromatic carbocycles. The number of amides is 1. The number of benzene rings is 1. The van der Waals surface area contributed by atoms with Crippen molar-refractivity contribution >= 4 is 27.7 Å². The molecule has 1 aromatic rings. The van der Waals surface area contributed by atoms with E-state index in [1.165, 1.54) is 28.7 Å². The van der Waals surface area contributed by atoms with Crippen LogP contribution in [0.4, 0.5) is 0 Å². The molecule has 0 aliphatic carbocycles. The van der Waals surface area contributed by atoms with E-state index in [1.807, 2.05) is 30.5 Å². The molecule has 214 valence electrons. The van der Waals surface area contributed by atoms with Crippen molar-refractivity contribution in [1.29, 1.82) is 0 Å². The van der Waals surface area contributed by atoms with Gasteiger partial charge in [0.2, 0.25) is 15.9 Å². The summed E-state index contributed by atoms with van der Waals surface area (Å²) in [5.41, 5.74) is 0.629. The third-order valence-electron chi connectivity index (χ3n) is 7.76. The summed E-state index contributed by atoms with van der Waals surface area (Å²) in [7, 11) is -2.27. The molecule has 3 heterocycles. The van der Waals surface area contributed by atoms with Crippen molar-refractivity contribution in [2.24, 2.45) is 0 Å². The van der Waals surface area contributed by atoms with Crippen LogP contribution in [0.3, 0.4) is 0 Å². The van der Waals surface area contributed by atoms with Crippen LogP contribution in [0.5, 0.6) is 5.75 Å². The van der Waals surface area contributed by atoms with Gasteiger partial charge in [0.1, 0.15) is 12.4 Å².